The Labute approximate surface area is 767 Å². The minimum Gasteiger partial charge on any atom is -0.480 e. The Kier molecular flexibility index (Phi) is 52.3. The monoisotopic (exact) mass is 1830 g/mol. The maximum absolute atomic E-state index is 15.0. The fourth-order valence-corrected chi connectivity index (χ4v) is 14.8. The summed E-state index contributed by atoms with van der Waals surface area (Å²) in [4.78, 5) is 238. The number of H-pyrrole nitrogens is 3. The van der Waals surface area contributed by atoms with Crippen molar-refractivity contribution in [1.29, 1.82) is 0 Å². The predicted octanol–water partition coefficient (Wildman–Crippen LogP) is 1.88. The Hall–Kier alpha value is -10.5. The zero-order valence-electron chi connectivity index (χ0n) is 80.0. The van der Waals surface area contributed by atoms with Crippen LogP contribution in [0.4, 0.5) is 0 Å². The maximum atomic E-state index is 15.0. The van der Waals surface area contributed by atoms with E-state index in [4.69, 9.17) is 22.9 Å². The highest BCUT2D eigenvalue weighted by atomic mass is 16.4. The lowest BCUT2D eigenvalue weighted by molar-refractivity contribution is -0.143. The summed E-state index contributed by atoms with van der Waals surface area (Å²) in [5.41, 5.74) is 25.3. The fourth-order valence-electron chi connectivity index (χ4n) is 14.8. The number of nitrogens with one attached hydrogen (secondary N) is 17. The van der Waals surface area contributed by atoms with Gasteiger partial charge in [0.25, 0.3) is 0 Å². The van der Waals surface area contributed by atoms with Crippen LogP contribution in [0.2, 0.25) is 0 Å². The number of amides is 14. The molecule has 3 heterocycles. The van der Waals surface area contributed by atoms with Gasteiger partial charge in [-0.3, -0.25) is 67.1 Å². The lowest BCUT2D eigenvalue weighted by Gasteiger charge is -2.30. The van der Waals surface area contributed by atoms with Gasteiger partial charge in [0.15, 0.2) is 0 Å². The first-order valence-corrected chi connectivity index (χ1v) is 46.5. The molecule has 130 heavy (non-hydrogen) atoms. The molecule has 0 saturated carbocycles. The van der Waals surface area contributed by atoms with E-state index >= 15 is 4.79 Å². The van der Waals surface area contributed by atoms with Gasteiger partial charge in [-0.15, -0.1) is 0 Å². The summed E-state index contributed by atoms with van der Waals surface area (Å²) in [7, 11) is 0. The van der Waals surface area contributed by atoms with Crippen LogP contribution in [-0.4, -0.2) is 234 Å². The van der Waals surface area contributed by atoms with Crippen molar-refractivity contribution in [2.24, 2.45) is 76.2 Å². The summed E-state index contributed by atoms with van der Waals surface area (Å²) in [6, 6.07) is -19.3. The topological polar surface area (TPSA) is 635 Å². The molecule has 15 atom stereocenters. The van der Waals surface area contributed by atoms with Gasteiger partial charge in [-0.1, -0.05) is 125 Å². The van der Waals surface area contributed by atoms with Gasteiger partial charge in [-0.05, 0) is 188 Å². The van der Waals surface area contributed by atoms with Crippen molar-refractivity contribution in [3.05, 3.63) is 54.7 Å². The first-order chi connectivity index (χ1) is 61.2. The minimum absolute atomic E-state index is 0.00139. The third-order valence-electron chi connectivity index (χ3n) is 21.3. The number of imidazole rings is 3. The number of carbonyl (C=O) groups excluding carboxylic acids is 14. The molecule has 40 nitrogen and oxygen atoms in total. The van der Waals surface area contributed by atoms with Crippen molar-refractivity contribution in [3.8, 4) is 0 Å². The number of unbranched alkanes of at least 4 members (excludes halogenated alkanes) is 3. The summed E-state index contributed by atoms with van der Waals surface area (Å²) in [5, 5.41) is 49.0. The van der Waals surface area contributed by atoms with E-state index in [0.29, 0.717) is 62.0 Å². The van der Waals surface area contributed by atoms with Crippen LogP contribution in [0.1, 0.15) is 257 Å². The quantitative estimate of drug-likeness (QED) is 0.0359. The van der Waals surface area contributed by atoms with Crippen molar-refractivity contribution < 1.29 is 77.0 Å². The van der Waals surface area contributed by atoms with Gasteiger partial charge in [0.05, 0.1) is 25.0 Å². The number of hydrogen-bond acceptors (Lipinski definition) is 22. The van der Waals surface area contributed by atoms with Gasteiger partial charge >= 0.3 is 5.97 Å². The van der Waals surface area contributed by atoms with Crippen LogP contribution in [0.25, 0.3) is 0 Å². The lowest BCUT2D eigenvalue weighted by atomic mass is 9.98. The number of carboxylic acids is 1. The molecule has 40 heteroatoms. The van der Waals surface area contributed by atoms with E-state index in [0.717, 1.165) is 0 Å². The van der Waals surface area contributed by atoms with Crippen molar-refractivity contribution in [1.82, 2.24) is 104 Å². The maximum Gasteiger partial charge on any atom is 0.326 e. The molecule has 0 aliphatic carbocycles. The first kappa shape index (κ1) is 114. The standard InChI is InChI=1S/C90H158N24O16/c1-49(2)31-61(94)76(115)104-72(40-58-43-95-46-98-58)88(127)110-68(35-53(9)10)84(123)109-70(37-55(13)14)85(124)113-73(41-59-44-96-47-99-59)87(126)103-63(26-20-23-29-92)78(117)105-67(34-52(7)8)82(121)107-65(32-50(3)4)81(120)102-64(27-21-24-30-93)79(118)112-74(42-60-45-97-48-100-60)89(128)111-69(36-54(11)12)83(122)108-66(33-51(5)6)80(119)101-62(25-19-22-28-91)77(116)106-71(38-56(15)16)86(125)114-75(90(129)130)39-57(17)18/h43-57,61-75H,19-42,91-94H2,1-18H3,(H,95,98)(H,96,99)(H,97,100)(H,101,119)(H,102,120)(H,103,126)(H,104,115)(H,105,117)(H,106,116)(H,107,121)(H,108,122)(H,109,123)(H,110,127)(H,111,128)(H,112,118)(H,113,124)(H,114,125)(H,129,130)/t61-,62+,63+,64+,65+,66-,67-,68+,69-,70-,71-,72-,73-,74-,75-/m0/s1. The molecule has 3 rings (SSSR count). The van der Waals surface area contributed by atoms with E-state index in [-0.39, 0.29) is 163 Å². The van der Waals surface area contributed by atoms with Crippen molar-refractivity contribution in [2.45, 2.75) is 350 Å². The average Bonchev–Trinajstić information content (AvgIpc) is 0.914. The van der Waals surface area contributed by atoms with Crippen LogP contribution in [0.15, 0.2) is 37.6 Å². The fraction of sp³-hybridized carbons (Fsp3) is 0.733. The van der Waals surface area contributed by atoms with Gasteiger partial charge in [-0.2, -0.15) is 0 Å². The molecule has 0 spiro atoms. The summed E-state index contributed by atoms with van der Waals surface area (Å²) in [6.45, 7) is 33.7. The zero-order valence-corrected chi connectivity index (χ0v) is 80.0. The number of aliphatic carboxylic acids is 1. The Morgan fingerprint density at radius 3 is 0.608 bits per heavy atom. The number of carbonyl (C=O) groups is 15. The molecule has 0 aromatic carbocycles. The SMILES string of the molecule is CC(C)C[C@H](NC(=O)[C@H](CC(C)C)NC(=O)[C@@H](CCCCN)NC(=O)[C@H](CC(C)C)NC(=O)[C@H](CC(C)C)NC(=O)[C@H](Cc1cnc[nH]1)NC(=O)[C@@H](CCCCN)NC(=O)[C@@H](CC(C)C)NC(=O)[C@H](CC(C)C)NC(=O)[C@@H](CCCCN)NC(=O)[C@H](Cc1cnc[nH]1)NC(=O)[C@H](CC(C)C)NC(=O)[C@@H](CC(C)C)NC(=O)[C@H](Cc1cnc[nH]1)NC(=O)[C@@H](N)CC(C)C)C(=O)O. The van der Waals surface area contributed by atoms with E-state index in [2.05, 4.69) is 104 Å². The highest BCUT2D eigenvalue weighted by Crippen LogP contribution is 2.20. The summed E-state index contributed by atoms with van der Waals surface area (Å²) >= 11 is 0. The Bertz CT molecular complexity index is 3950. The van der Waals surface area contributed by atoms with E-state index < -0.39 is 179 Å². The number of nitrogens with two attached hydrogens (primary N) is 4. The second kappa shape index (κ2) is 59.7. The molecule has 14 amide bonds. The van der Waals surface area contributed by atoms with E-state index in [1.165, 1.54) is 37.6 Å². The lowest BCUT2D eigenvalue weighted by Crippen LogP contribution is -2.61. The number of rotatable bonds is 65. The number of nitrogens with zero attached hydrogens (tertiary/aromatic N) is 3. The second-order valence-electron chi connectivity index (χ2n) is 38.2. The highest BCUT2D eigenvalue weighted by molar-refractivity contribution is 6.01. The van der Waals surface area contributed by atoms with Gasteiger partial charge in [0.2, 0.25) is 82.7 Å². The molecule has 0 unspecified atom stereocenters. The van der Waals surface area contributed by atoms with Gasteiger partial charge in [0.1, 0.15) is 84.6 Å². The third kappa shape index (κ3) is 44.4. The minimum atomic E-state index is -1.46. The van der Waals surface area contributed by atoms with E-state index in [9.17, 15) is 72.2 Å². The normalized spacial score (nSPS) is 15.2. The van der Waals surface area contributed by atoms with Crippen LogP contribution in [-0.2, 0) is 91.2 Å². The molecule has 26 N–H and O–H groups in total. The largest absolute Gasteiger partial charge is 0.480 e. The number of carboxylic acid groups (broad SMARTS) is 1. The molecule has 3 aromatic rings. The van der Waals surface area contributed by atoms with Crippen LogP contribution >= 0.6 is 0 Å². The van der Waals surface area contributed by atoms with Crippen molar-refractivity contribution in [2.75, 3.05) is 19.6 Å². The molecule has 0 aliphatic rings. The molecule has 3 aromatic heterocycles. The number of aromatic amines is 3. The summed E-state index contributed by atoms with van der Waals surface area (Å²) in [5.74, 6) is -13.4. The molecule has 0 saturated heterocycles. The zero-order chi connectivity index (χ0) is 97.6. The third-order valence-corrected chi connectivity index (χ3v) is 21.3. The van der Waals surface area contributed by atoms with Gasteiger partial charge < -0.3 is 117 Å². The van der Waals surface area contributed by atoms with Gasteiger partial charge in [0, 0.05) is 54.9 Å². The van der Waals surface area contributed by atoms with Crippen molar-refractivity contribution >= 4 is 88.7 Å². The summed E-state index contributed by atoms with van der Waals surface area (Å²) in [6.07, 6.45) is 11.4. The highest BCUT2D eigenvalue weighted by Gasteiger charge is 2.40. The second-order valence-corrected chi connectivity index (χ2v) is 38.2. The summed E-state index contributed by atoms with van der Waals surface area (Å²) < 4.78 is 0. The van der Waals surface area contributed by atoms with Crippen LogP contribution in [0.5, 0.6) is 0 Å². The first-order valence-electron chi connectivity index (χ1n) is 46.5. The molecule has 0 bridgehead atoms. The molecule has 0 radical (unpaired) electrons. The Morgan fingerprint density at radius 2 is 0.423 bits per heavy atom. The van der Waals surface area contributed by atoms with E-state index in [1.807, 2.05) is 125 Å². The van der Waals surface area contributed by atoms with Crippen LogP contribution in [0, 0.1) is 53.3 Å². The smallest absolute Gasteiger partial charge is 0.326 e. The number of hydrogen-bond donors (Lipinski definition) is 22. The van der Waals surface area contributed by atoms with Crippen molar-refractivity contribution in [3.63, 3.8) is 0 Å². The molecular formula is C90H158N24O16. The van der Waals surface area contributed by atoms with Gasteiger partial charge in [-0.25, -0.2) is 19.7 Å². The number of aromatic nitrogens is 6. The molecule has 0 aliphatic heterocycles. The Morgan fingerprint density at radius 1 is 0.254 bits per heavy atom. The molecular weight excluding hydrogens is 1670 g/mol. The molecule has 734 valence electrons. The Balaban J connectivity index is 2.00. The molecule has 0 fully saturated rings. The van der Waals surface area contributed by atoms with Crippen LogP contribution in [0.3, 0.4) is 0 Å². The predicted molar refractivity (Wildman–Crippen MR) is 493 cm³/mol. The van der Waals surface area contributed by atoms with E-state index in [1.54, 1.807) is 0 Å². The van der Waals surface area contributed by atoms with Crippen LogP contribution < -0.4 is 97.4 Å². The average molecular weight is 1830 g/mol.